The van der Waals surface area contributed by atoms with Crippen molar-refractivity contribution in [1.82, 2.24) is 4.98 Å². The molecule has 1 aliphatic rings. The summed E-state index contributed by atoms with van der Waals surface area (Å²) in [6.07, 6.45) is 3.24. The lowest BCUT2D eigenvalue weighted by Crippen LogP contribution is -2.29. The quantitative estimate of drug-likeness (QED) is 0.241. The number of anilines is 1. The second kappa shape index (κ2) is 10.2. The molecule has 2 heterocycles. The number of carbonyl (C=O) groups excluding carboxylic acids is 3. The number of ketones is 1. The first kappa shape index (κ1) is 23.7. The number of pyridine rings is 1. The average Bonchev–Trinajstić information content (AvgIpc) is 3.15. The summed E-state index contributed by atoms with van der Waals surface area (Å²) < 4.78 is 10.1. The molecule has 178 valence electrons. The third-order valence-corrected chi connectivity index (χ3v) is 5.68. The standard InChI is InChI=1S/C27H24N2O6/c1-3-35-22(30)15-17-6-10-20(11-7-17)29-24(19-5-4-14-28-16-19)23(26(32)27(29)33)25(31)18-8-12-21(34-2)13-9-18/h4-14,16,24,31H,3,15H2,1-2H3/b25-23-. The predicted octanol–water partition coefficient (Wildman–Crippen LogP) is 3.82. The molecule has 4 rings (SSSR count). The molecular weight excluding hydrogens is 448 g/mol. The lowest BCUT2D eigenvalue weighted by Gasteiger charge is -2.25. The highest BCUT2D eigenvalue weighted by atomic mass is 16.5. The summed E-state index contributed by atoms with van der Waals surface area (Å²) in [7, 11) is 1.53. The largest absolute Gasteiger partial charge is 0.507 e. The minimum Gasteiger partial charge on any atom is -0.507 e. The van der Waals surface area contributed by atoms with Crippen molar-refractivity contribution in [1.29, 1.82) is 0 Å². The number of aliphatic hydroxyl groups is 1. The van der Waals surface area contributed by atoms with Crippen molar-refractivity contribution >= 4 is 29.1 Å². The fourth-order valence-corrected chi connectivity index (χ4v) is 4.01. The molecule has 0 aliphatic carbocycles. The van der Waals surface area contributed by atoms with Crippen LogP contribution in [0.2, 0.25) is 0 Å². The second-order valence-corrected chi connectivity index (χ2v) is 7.83. The Bertz CT molecular complexity index is 1270. The minimum absolute atomic E-state index is 0.0382. The summed E-state index contributed by atoms with van der Waals surface area (Å²) in [4.78, 5) is 43.7. The van der Waals surface area contributed by atoms with Gasteiger partial charge in [0, 0.05) is 23.6 Å². The van der Waals surface area contributed by atoms with Crippen LogP contribution < -0.4 is 9.64 Å². The Kier molecular flexibility index (Phi) is 6.91. The maximum absolute atomic E-state index is 13.2. The van der Waals surface area contributed by atoms with E-state index in [4.69, 9.17) is 9.47 Å². The number of benzene rings is 2. The highest BCUT2D eigenvalue weighted by molar-refractivity contribution is 6.51. The van der Waals surface area contributed by atoms with E-state index < -0.39 is 17.7 Å². The van der Waals surface area contributed by atoms with Crippen LogP contribution in [0.5, 0.6) is 5.75 Å². The molecule has 0 spiro atoms. The molecule has 1 amide bonds. The van der Waals surface area contributed by atoms with Gasteiger partial charge in [0.25, 0.3) is 11.7 Å². The third-order valence-electron chi connectivity index (χ3n) is 5.68. The van der Waals surface area contributed by atoms with Gasteiger partial charge in [0.05, 0.1) is 31.8 Å². The first-order valence-corrected chi connectivity index (χ1v) is 11.0. The van der Waals surface area contributed by atoms with Crippen LogP contribution in [0.3, 0.4) is 0 Å². The molecule has 8 nitrogen and oxygen atoms in total. The van der Waals surface area contributed by atoms with E-state index in [9.17, 15) is 19.5 Å². The van der Waals surface area contributed by atoms with Crippen molar-refractivity contribution in [2.75, 3.05) is 18.6 Å². The van der Waals surface area contributed by atoms with Crippen LogP contribution in [0.25, 0.3) is 5.76 Å². The molecule has 1 aliphatic heterocycles. The van der Waals surface area contributed by atoms with Gasteiger partial charge in [-0.1, -0.05) is 18.2 Å². The molecule has 1 N–H and O–H groups in total. The third kappa shape index (κ3) is 4.77. The lowest BCUT2D eigenvalue weighted by atomic mass is 9.96. The molecule has 1 saturated heterocycles. The molecule has 1 atom stereocenters. The summed E-state index contributed by atoms with van der Waals surface area (Å²) in [5, 5.41) is 11.1. The Balaban J connectivity index is 1.78. The van der Waals surface area contributed by atoms with Gasteiger partial charge in [-0.2, -0.15) is 0 Å². The number of hydrogen-bond acceptors (Lipinski definition) is 7. The van der Waals surface area contributed by atoms with E-state index in [-0.39, 0.29) is 23.7 Å². The van der Waals surface area contributed by atoms with Crippen molar-refractivity contribution in [3.05, 3.63) is 95.3 Å². The van der Waals surface area contributed by atoms with Gasteiger partial charge in [-0.05, 0) is 60.5 Å². The molecule has 2 aromatic carbocycles. The van der Waals surface area contributed by atoms with E-state index in [2.05, 4.69) is 4.98 Å². The number of aromatic nitrogens is 1. The summed E-state index contributed by atoms with van der Waals surface area (Å²) in [5.74, 6) is -1.62. The van der Waals surface area contributed by atoms with E-state index in [0.29, 0.717) is 34.7 Å². The SMILES string of the molecule is CCOC(=O)Cc1ccc(N2C(=O)C(=O)/C(=C(\O)c3ccc(OC)cc3)C2c2cccnc2)cc1. The van der Waals surface area contributed by atoms with Crippen LogP contribution in [-0.4, -0.2) is 41.5 Å². The number of rotatable bonds is 7. The highest BCUT2D eigenvalue weighted by Crippen LogP contribution is 2.42. The fourth-order valence-electron chi connectivity index (χ4n) is 4.01. The smallest absolute Gasteiger partial charge is 0.310 e. The number of nitrogens with zero attached hydrogens (tertiary/aromatic N) is 2. The van der Waals surface area contributed by atoms with Crippen LogP contribution in [0.4, 0.5) is 5.69 Å². The van der Waals surface area contributed by atoms with Crippen molar-refractivity contribution in [2.24, 2.45) is 0 Å². The maximum Gasteiger partial charge on any atom is 0.310 e. The Morgan fingerprint density at radius 2 is 1.77 bits per heavy atom. The molecule has 1 fully saturated rings. The van der Waals surface area contributed by atoms with Gasteiger partial charge in [0.1, 0.15) is 11.5 Å². The van der Waals surface area contributed by atoms with Crippen LogP contribution >= 0.6 is 0 Å². The summed E-state index contributed by atoms with van der Waals surface area (Å²) in [5.41, 5.74) is 2.06. The molecule has 8 heteroatoms. The van der Waals surface area contributed by atoms with E-state index in [1.165, 1.54) is 12.0 Å². The number of Topliss-reactive ketones (excluding diaryl/α,β-unsaturated/α-hetero) is 1. The van der Waals surface area contributed by atoms with Crippen molar-refractivity contribution < 1.29 is 29.0 Å². The van der Waals surface area contributed by atoms with E-state index in [0.717, 1.165) is 0 Å². The highest BCUT2D eigenvalue weighted by Gasteiger charge is 2.47. The monoisotopic (exact) mass is 472 g/mol. The number of carbonyl (C=O) groups is 3. The first-order valence-electron chi connectivity index (χ1n) is 11.0. The molecular formula is C27H24N2O6. The van der Waals surface area contributed by atoms with Gasteiger partial charge >= 0.3 is 5.97 Å². The van der Waals surface area contributed by atoms with Crippen molar-refractivity contribution in [3.63, 3.8) is 0 Å². The van der Waals surface area contributed by atoms with Crippen LogP contribution in [0.1, 0.15) is 29.7 Å². The van der Waals surface area contributed by atoms with Gasteiger partial charge < -0.3 is 14.6 Å². The number of methoxy groups -OCH3 is 1. The van der Waals surface area contributed by atoms with Crippen molar-refractivity contribution in [2.45, 2.75) is 19.4 Å². The normalized spacial score (nSPS) is 16.9. The average molecular weight is 472 g/mol. The van der Waals surface area contributed by atoms with E-state index in [1.807, 2.05) is 0 Å². The zero-order valence-electron chi connectivity index (χ0n) is 19.3. The molecule has 35 heavy (non-hydrogen) atoms. The molecule has 0 bridgehead atoms. The number of ether oxygens (including phenoxy) is 2. The minimum atomic E-state index is -0.887. The number of hydrogen-bond donors (Lipinski definition) is 1. The lowest BCUT2D eigenvalue weighted by molar-refractivity contribution is -0.142. The Morgan fingerprint density at radius 1 is 1.06 bits per heavy atom. The van der Waals surface area contributed by atoms with Gasteiger partial charge in [-0.3, -0.25) is 24.3 Å². The van der Waals surface area contributed by atoms with Crippen LogP contribution in [0, 0.1) is 0 Å². The van der Waals surface area contributed by atoms with Crippen LogP contribution in [-0.2, 0) is 25.5 Å². The molecule has 1 unspecified atom stereocenters. The van der Waals surface area contributed by atoms with Gasteiger partial charge in [0.15, 0.2) is 0 Å². The summed E-state index contributed by atoms with van der Waals surface area (Å²) in [6.45, 7) is 2.03. The molecule has 3 aromatic rings. The van der Waals surface area contributed by atoms with Gasteiger partial charge in [-0.15, -0.1) is 0 Å². The predicted molar refractivity (Wildman–Crippen MR) is 129 cm³/mol. The van der Waals surface area contributed by atoms with E-state index >= 15 is 0 Å². The van der Waals surface area contributed by atoms with Gasteiger partial charge in [0.2, 0.25) is 0 Å². The zero-order chi connectivity index (χ0) is 24.9. The Hall–Kier alpha value is -4.46. The number of amides is 1. The second-order valence-electron chi connectivity index (χ2n) is 7.83. The topological polar surface area (TPSA) is 106 Å². The molecule has 0 radical (unpaired) electrons. The first-order chi connectivity index (χ1) is 16.9. The number of esters is 1. The van der Waals surface area contributed by atoms with Crippen LogP contribution in [0.15, 0.2) is 78.6 Å². The summed E-state index contributed by atoms with van der Waals surface area (Å²) >= 11 is 0. The molecule has 1 aromatic heterocycles. The summed E-state index contributed by atoms with van der Waals surface area (Å²) in [6, 6.07) is 15.8. The van der Waals surface area contributed by atoms with E-state index in [1.54, 1.807) is 80.0 Å². The number of aliphatic hydroxyl groups excluding tert-OH is 1. The van der Waals surface area contributed by atoms with Crippen molar-refractivity contribution in [3.8, 4) is 5.75 Å². The van der Waals surface area contributed by atoms with Gasteiger partial charge in [-0.25, -0.2) is 0 Å². The zero-order valence-corrected chi connectivity index (χ0v) is 19.3. The maximum atomic E-state index is 13.2. The Labute approximate surface area is 202 Å². The fraction of sp³-hybridized carbons (Fsp3) is 0.185. The molecule has 0 saturated carbocycles. The Morgan fingerprint density at radius 3 is 2.37 bits per heavy atom.